The summed E-state index contributed by atoms with van der Waals surface area (Å²) in [5.41, 5.74) is 1.27. The Morgan fingerprint density at radius 3 is 3.17 bits per heavy atom. The lowest BCUT2D eigenvalue weighted by Crippen LogP contribution is -1.82. The molecule has 0 aliphatic rings. The van der Waals surface area contributed by atoms with Crippen LogP contribution in [0, 0.1) is 15.0 Å². The summed E-state index contributed by atoms with van der Waals surface area (Å²) >= 11 is 2.07. The van der Waals surface area contributed by atoms with Crippen LogP contribution in [0.4, 0.5) is 0 Å². The third-order valence-corrected chi connectivity index (χ3v) is 2.32. The molecule has 0 bridgehead atoms. The van der Waals surface area contributed by atoms with Crippen LogP contribution < -0.4 is 0 Å². The number of aromatic amines is 1. The number of fused-ring (bicyclic) bond motifs is 1. The second-order valence-corrected chi connectivity index (χ2v) is 3.23. The van der Waals surface area contributed by atoms with Crippen LogP contribution in [0.1, 0.15) is 5.69 Å². The Balaban J connectivity index is 2.96. The van der Waals surface area contributed by atoms with Gasteiger partial charge in [-0.1, -0.05) is 0 Å². The first-order valence-electron chi connectivity index (χ1n) is 3.21. The zero-order chi connectivity index (χ0) is 8.55. The maximum absolute atomic E-state index is 8.72. The Morgan fingerprint density at radius 2 is 2.42 bits per heavy atom. The van der Waals surface area contributed by atoms with Gasteiger partial charge >= 0.3 is 0 Å². The minimum atomic E-state index is 0.422. The molecule has 2 aromatic rings. The number of rotatable bonds is 0. The average Bonchev–Trinajstić information content (AvgIpc) is 2.48. The van der Waals surface area contributed by atoms with Crippen molar-refractivity contribution in [2.45, 2.75) is 0 Å². The molecule has 0 aliphatic carbocycles. The van der Waals surface area contributed by atoms with Gasteiger partial charge in [-0.3, -0.25) is 5.10 Å². The molecule has 0 spiro atoms. The molecule has 0 atom stereocenters. The Hall–Kier alpha value is -1.16. The van der Waals surface area contributed by atoms with E-state index < -0.39 is 0 Å². The number of H-pyrrole nitrogens is 1. The lowest BCUT2D eigenvalue weighted by atomic mass is 10.2. The highest BCUT2D eigenvalue weighted by Gasteiger charge is 2.07. The molecule has 0 saturated carbocycles. The van der Waals surface area contributed by atoms with E-state index >= 15 is 0 Å². The summed E-state index contributed by atoms with van der Waals surface area (Å²) in [4.78, 5) is 3.93. The zero-order valence-corrected chi connectivity index (χ0v) is 8.03. The molecular weight excluding hydrogens is 267 g/mol. The van der Waals surface area contributed by atoms with Gasteiger partial charge in [-0.2, -0.15) is 10.4 Å². The molecule has 0 radical (unpaired) electrons. The van der Waals surface area contributed by atoms with Crippen molar-refractivity contribution in [2.24, 2.45) is 0 Å². The highest BCUT2D eigenvalue weighted by Crippen LogP contribution is 2.19. The summed E-state index contributed by atoms with van der Waals surface area (Å²) in [6, 6.07) is 3.82. The van der Waals surface area contributed by atoms with Gasteiger partial charge in [0.1, 0.15) is 9.77 Å². The molecule has 0 saturated heterocycles. The molecule has 2 heterocycles. The molecule has 0 aliphatic heterocycles. The standard InChI is InChI=1S/C7H3IN4/c8-7-6-4(11-12-7)1-2-10-5(6)3-9/h1-2H,(H,11,12). The number of nitrogens with zero attached hydrogens (tertiary/aromatic N) is 3. The molecule has 0 amide bonds. The van der Waals surface area contributed by atoms with Gasteiger partial charge in [0.25, 0.3) is 0 Å². The molecule has 1 N–H and O–H groups in total. The van der Waals surface area contributed by atoms with Crippen LogP contribution in [0.3, 0.4) is 0 Å². The summed E-state index contributed by atoms with van der Waals surface area (Å²) in [5.74, 6) is 0. The Labute approximate surface area is 81.7 Å². The second-order valence-electron chi connectivity index (χ2n) is 2.21. The highest BCUT2D eigenvalue weighted by molar-refractivity contribution is 14.1. The van der Waals surface area contributed by atoms with E-state index in [-0.39, 0.29) is 0 Å². The Bertz CT molecular complexity index is 468. The maximum atomic E-state index is 8.72. The number of nitriles is 1. The maximum Gasteiger partial charge on any atom is 0.152 e. The first-order chi connectivity index (χ1) is 5.83. The minimum Gasteiger partial charge on any atom is -0.277 e. The fourth-order valence-corrected chi connectivity index (χ4v) is 1.68. The number of halogens is 1. The van der Waals surface area contributed by atoms with Crippen LogP contribution in [0.25, 0.3) is 10.9 Å². The van der Waals surface area contributed by atoms with Gasteiger partial charge in [-0.25, -0.2) is 4.98 Å². The summed E-state index contributed by atoms with van der Waals surface area (Å²) in [5, 5.41) is 16.3. The largest absolute Gasteiger partial charge is 0.277 e. The average molecular weight is 270 g/mol. The van der Waals surface area contributed by atoms with Gasteiger partial charge in [-0.15, -0.1) is 0 Å². The van der Waals surface area contributed by atoms with Gasteiger partial charge in [0.05, 0.1) is 10.9 Å². The van der Waals surface area contributed by atoms with Crippen molar-refractivity contribution in [1.29, 1.82) is 5.26 Å². The Kier molecular flexibility index (Phi) is 1.69. The van der Waals surface area contributed by atoms with Crippen LogP contribution >= 0.6 is 22.6 Å². The van der Waals surface area contributed by atoms with Crippen molar-refractivity contribution in [3.63, 3.8) is 0 Å². The van der Waals surface area contributed by atoms with Gasteiger partial charge in [0.2, 0.25) is 0 Å². The van der Waals surface area contributed by atoms with Gasteiger partial charge in [0.15, 0.2) is 5.69 Å². The highest BCUT2D eigenvalue weighted by atomic mass is 127. The molecule has 58 valence electrons. The van der Waals surface area contributed by atoms with E-state index in [4.69, 9.17) is 5.26 Å². The smallest absolute Gasteiger partial charge is 0.152 e. The SMILES string of the molecule is N#Cc1nccc2[nH]nc(I)c12. The third kappa shape index (κ3) is 0.956. The van der Waals surface area contributed by atoms with Crippen molar-refractivity contribution in [3.8, 4) is 6.07 Å². The van der Waals surface area contributed by atoms with Crippen LogP contribution in [0.5, 0.6) is 0 Å². The van der Waals surface area contributed by atoms with Gasteiger partial charge in [0, 0.05) is 6.20 Å². The molecule has 4 nitrogen and oxygen atoms in total. The predicted molar refractivity (Wildman–Crippen MR) is 51.3 cm³/mol. The van der Waals surface area contributed by atoms with Gasteiger partial charge in [-0.05, 0) is 28.7 Å². The van der Waals surface area contributed by atoms with E-state index in [0.29, 0.717) is 5.69 Å². The third-order valence-electron chi connectivity index (χ3n) is 1.54. The zero-order valence-electron chi connectivity index (χ0n) is 5.87. The van der Waals surface area contributed by atoms with E-state index in [1.54, 1.807) is 12.3 Å². The first kappa shape index (κ1) is 7.49. The van der Waals surface area contributed by atoms with Crippen molar-refractivity contribution >= 4 is 33.5 Å². The summed E-state index contributed by atoms with van der Waals surface area (Å²) < 4.78 is 0.784. The first-order valence-corrected chi connectivity index (χ1v) is 4.29. The topological polar surface area (TPSA) is 65.4 Å². The molecule has 0 fully saturated rings. The number of hydrogen-bond acceptors (Lipinski definition) is 3. The molecule has 5 heteroatoms. The minimum absolute atomic E-state index is 0.422. The molecule has 0 unspecified atom stereocenters. The number of nitrogens with one attached hydrogen (secondary N) is 1. The monoisotopic (exact) mass is 270 g/mol. The van der Waals surface area contributed by atoms with Gasteiger partial charge < -0.3 is 0 Å². The van der Waals surface area contributed by atoms with Crippen molar-refractivity contribution in [3.05, 3.63) is 21.7 Å². The normalized spacial score (nSPS) is 10.0. The van der Waals surface area contributed by atoms with Crippen LogP contribution in [-0.2, 0) is 0 Å². The second kappa shape index (κ2) is 2.71. The molecule has 2 rings (SSSR count). The summed E-state index contributed by atoms with van der Waals surface area (Å²) in [7, 11) is 0. The van der Waals surface area contributed by atoms with Crippen LogP contribution in [-0.4, -0.2) is 15.2 Å². The van der Waals surface area contributed by atoms with E-state index in [1.807, 2.05) is 6.07 Å². The molecule has 12 heavy (non-hydrogen) atoms. The number of hydrogen-bond donors (Lipinski definition) is 1. The van der Waals surface area contributed by atoms with E-state index in [9.17, 15) is 0 Å². The quantitative estimate of drug-likeness (QED) is 0.736. The number of pyridine rings is 1. The predicted octanol–water partition coefficient (Wildman–Crippen LogP) is 1.43. The molecule has 2 aromatic heterocycles. The summed E-state index contributed by atoms with van der Waals surface area (Å²) in [6.07, 6.45) is 1.59. The lowest BCUT2D eigenvalue weighted by Gasteiger charge is -1.89. The van der Waals surface area contributed by atoms with Crippen molar-refractivity contribution in [2.75, 3.05) is 0 Å². The van der Waals surface area contributed by atoms with Crippen LogP contribution in [0.15, 0.2) is 12.3 Å². The Morgan fingerprint density at radius 1 is 1.58 bits per heavy atom. The molecule has 0 aromatic carbocycles. The molecular formula is C7H3IN4. The summed E-state index contributed by atoms with van der Waals surface area (Å²) in [6.45, 7) is 0. The number of aromatic nitrogens is 3. The van der Waals surface area contributed by atoms with Crippen LogP contribution in [0.2, 0.25) is 0 Å². The van der Waals surface area contributed by atoms with E-state index in [0.717, 1.165) is 14.6 Å². The fraction of sp³-hybridized carbons (Fsp3) is 0. The van der Waals surface area contributed by atoms with E-state index in [2.05, 4.69) is 37.8 Å². The lowest BCUT2D eigenvalue weighted by molar-refractivity contribution is 1.09. The van der Waals surface area contributed by atoms with E-state index in [1.165, 1.54) is 0 Å². The fourth-order valence-electron chi connectivity index (χ4n) is 1.01. The van der Waals surface area contributed by atoms with Crippen molar-refractivity contribution < 1.29 is 0 Å². The van der Waals surface area contributed by atoms with Crippen molar-refractivity contribution in [1.82, 2.24) is 15.2 Å².